The summed E-state index contributed by atoms with van der Waals surface area (Å²) in [5, 5.41) is 12.5. The van der Waals surface area contributed by atoms with Crippen LogP contribution in [0.5, 0.6) is 0 Å². The van der Waals surface area contributed by atoms with E-state index in [-0.39, 0.29) is 6.10 Å². The minimum atomic E-state index is -0.185. The van der Waals surface area contributed by atoms with E-state index in [1.807, 2.05) is 18.6 Å². The van der Waals surface area contributed by atoms with Crippen molar-refractivity contribution in [3.05, 3.63) is 16.6 Å². The van der Waals surface area contributed by atoms with E-state index in [2.05, 4.69) is 17.2 Å². The predicted molar refractivity (Wildman–Crippen MR) is 59.4 cm³/mol. The van der Waals surface area contributed by atoms with Gasteiger partial charge in [0.25, 0.3) is 0 Å². The molecule has 1 aromatic heterocycles. The summed E-state index contributed by atoms with van der Waals surface area (Å²) < 4.78 is 0. The number of rotatable bonds is 6. The highest BCUT2D eigenvalue weighted by Crippen LogP contribution is 2.15. The maximum Gasteiger partial charge on any atom is 0.0794 e. The van der Waals surface area contributed by atoms with Crippen molar-refractivity contribution in [2.24, 2.45) is 0 Å². The van der Waals surface area contributed by atoms with Crippen LogP contribution in [0, 0.1) is 0 Å². The van der Waals surface area contributed by atoms with Crippen molar-refractivity contribution in [1.29, 1.82) is 0 Å². The summed E-state index contributed by atoms with van der Waals surface area (Å²) in [6.45, 7) is 4.91. The molecule has 0 aromatic carbocycles. The van der Waals surface area contributed by atoms with Crippen LogP contribution in [0.3, 0.4) is 0 Å². The van der Waals surface area contributed by atoms with E-state index in [1.54, 1.807) is 11.3 Å². The Morgan fingerprint density at radius 1 is 1.57 bits per heavy atom. The molecule has 1 heterocycles. The van der Waals surface area contributed by atoms with Gasteiger partial charge in [-0.15, -0.1) is 11.3 Å². The lowest BCUT2D eigenvalue weighted by Gasteiger charge is -2.11. The quantitative estimate of drug-likeness (QED) is 0.711. The van der Waals surface area contributed by atoms with Gasteiger partial charge in [-0.2, -0.15) is 0 Å². The maximum absolute atomic E-state index is 9.07. The van der Waals surface area contributed by atoms with Crippen molar-refractivity contribution < 1.29 is 5.11 Å². The van der Waals surface area contributed by atoms with Gasteiger partial charge in [0.05, 0.1) is 11.6 Å². The Kier molecular flexibility index (Phi) is 5.07. The Labute approximate surface area is 89.2 Å². The molecular formula is C10H18N2OS. The molecule has 0 aliphatic heterocycles. The van der Waals surface area contributed by atoms with Gasteiger partial charge in [-0.3, -0.25) is 4.98 Å². The molecule has 4 heteroatoms. The average Bonchev–Trinajstić information content (AvgIpc) is 2.64. The standard InChI is InChI=1S/C10H18N2OS/c1-8(13)4-3-5-12-9(2)10-6-11-7-14-10/h6-9,12-13H,3-5H2,1-2H3. The topological polar surface area (TPSA) is 45.1 Å². The molecule has 0 aliphatic rings. The number of nitrogens with one attached hydrogen (secondary N) is 1. The largest absolute Gasteiger partial charge is 0.393 e. The normalized spacial score (nSPS) is 15.4. The molecule has 0 aliphatic carbocycles. The van der Waals surface area contributed by atoms with E-state index < -0.39 is 0 Å². The zero-order valence-electron chi connectivity index (χ0n) is 8.73. The van der Waals surface area contributed by atoms with E-state index in [0.717, 1.165) is 19.4 Å². The summed E-state index contributed by atoms with van der Waals surface area (Å²) in [7, 11) is 0. The van der Waals surface area contributed by atoms with Crippen LogP contribution in [0.15, 0.2) is 11.7 Å². The molecule has 0 saturated heterocycles. The van der Waals surface area contributed by atoms with E-state index >= 15 is 0 Å². The molecule has 80 valence electrons. The lowest BCUT2D eigenvalue weighted by molar-refractivity contribution is 0.181. The molecule has 1 rings (SSSR count). The fourth-order valence-corrected chi connectivity index (χ4v) is 1.91. The fraction of sp³-hybridized carbons (Fsp3) is 0.700. The first-order valence-electron chi connectivity index (χ1n) is 5.00. The van der Waals surface area contributed by atoms with Crippen LogP contribution in [0.4, 0.5) is 0 Å². The van der Waals surface area contributed by atoms with Crippen LogP contribution in [0.2, 0.25) is 0 Å². The highest BCUT2D eigenvalue weighted by atomic mass is 32.1. The second-order valence-electron chi connectivity index (χ2n) is 3.57. The Morgan fingerprint density at radius 3 is 2.93 bits per heavy atom. The molecule has 1 aromatic rings. The van der Waals surface area contributed by atoms with Crippen molar-refractivity contribution in [2.45, 2.75) is 38.8 Å². The van der Waals surface area contributed by atoms with Crippen LogP contribution in [0.25, 0.3) is 0 Å². The summed E-state index contributed by atoms with van der Waals surface area (Å²) in [6.07, 6.45) is 3.59. The molecular weight excluding hydrogens is 196 g/mol. The molecule has 0 radical (unpaired) electrons. The minimum absolute atomic E-state index is 0.185. The molecule has 3 nitrogen and oxygen atoms in total. The predicted octanol–water partition coefficient (Wildman–Crippen LogP) is 1.95. The highest BCUT2D eigenvalue weighted by molar-refractivity contribution is 7.09. The lowest BCUT2D eigenvalue weighted by atomic mass is 10.2. The summed E-state index contributed by atoms with van der Waals surface area (Å²) in [5.74, 6) is 0. The van der Waals surface area contributed by atoms with Crippen molar-refractivity contribution in [1.82, 2.24) is 10.3 Å². The molecule has 2 N–H and O–H groups in total. The third-order valence-electron chi connectivity index (χ3n) is 2.13. The molecule has 2 unspecified atom stereocenters. The Morgan fingerprint density at radius 2 is 2.36 bits per heavy atom. The Hall–Kier alpha value is -0.450. The molecule has 14 heavy (non-hydrogen) atoms. The fourth-order valence-electron chi connectivity index (χ4n) is 1.26. The zero-order chi connectivity index (χ0) is 10.4. The average molecular weight is 214 g/mol. The minimum Gasteiger partial charge on any atom is -0.393 e. The first-order valence-corrected chi connectivity index (χ1v) is 5.88. The maximum atomic E-state index is 9.07. The van der Waals surface area contributed by atoms with Crippen molar-refractivity contribution in [3.63, 3.8) is 0 Å². The van der Waals surface area contributed by atoms with Crippen molar-refractivity contribution in [2.75, 3.05) is 6.54 Å². The molecule has 0 bridgehead atoms. The second-order valence-corrected chi connectivity index (χ2v) is 4.49. The summed E-state index contributed by atoms with van der Waals surface area (Å²) >= 11 is 1.67. The third-order valence-corrected chi connectivity index (χ3v) is 3.09. The number of hydrogen-bond donors (Lipinski definition) is 2. The van der Waals surface area contributed by atoms with Gasteiger partial charge in [0.1, 0.15) is 0 Å². The molecule has 0 spiro atoms. The first-order chi connectivity index (χ1) is 6.70. The van der Waals surface area contributed by atoms with Crippen molar-refractivity contribution >= 4 is 11.3 Å². The van der Waals surface area contributed by atoms with Gasteiger partial charge in [-0.25, -0.2) is 0 Å². The molecule has 0 fully saturated rings. The van der Waals surface area contributed by atoms with Gasteiger partial charge >= 0.3 is 0 Å². The lowest BCUT2D eigenvalue weighted by Crippen LogP contribution is -2.20. The van der Waals surface area contributed by atoms with Crippen LogP contribution in [0.1, 0.15) is 37.6 Å². The van der Waals surface area contributed by atoms with Gasteiger partial charge in [0.15, 0.2) is 0 Å². The number of hydrogen-bond acceptors (Lipinski definition) is 4. The smallest absolute Gasteiger partial charge is 0.0794 e. The van der Waals surface area contributed by atoms with Gasteiger partial charge in [0.2, 0.25) is 0 Å². The first kappa shape index (κ1) is 11.6. The molecule has 2 atom stereocenters. The number of nitrogens with zero attached hydrogens (tertiary/aromatic N) is 1. The van der Waals surface area contributed by atoms with Gasteiger partial charge in [0, 0.05) is 17.1 Å². The number of aliphatic hydroxyl groups excluding tert-OH is 1. The van der Waals surface area contributed by atoms with Gasteiger partial charge in [-0.1, -0.05) is 0 Å². The second kappa shape index (κ2) is 6.11. The zero-order valence-corrected chi connectivity index (χ0v) is 9.55. The van der Waals surface area contributed by atoms with Crippen LogP contribution in [-0.4, -0.2) is 22.7 Å². The SMILES string of the molecule is CC(O)CCCNC(C)c1cncs1. The summed E-state index contributed by atoms with van der Waals surface area (Å²) in [4.78, 5) is 5.30. The Bertz CT molecular complexity index is 236. The number of aromatic nitrogens is 1. The van der Waals surface area contributed by atoms with Crippen LogP contribution < -0.4 is 5.32 Å². The van der Waals surface area contributed by atoms with Gasteiger partial charge in [-0.05, 0) is 33.2 Å². The van der Waals surface area contributed by atoms with E-state index in [4.69, 9.17) is 5.11 Å². The van der Waals surface area contributed by atoms with Crippen molar-refractivity contribution in [3.8, 4) is 0 Å². The summed E-state index contributed by atoms with van der Waals surface area (Å²) in [6, 6.07) is 0.372. The molecule has 0 amide bonds. The van der Waals surface area contributed by atoms with Crippen LogP contribution >= 0.6 is 11.3 Å². The number of aliphatic hydroxyl groups is 1. The number of thiazole rings is 1. The third kappa shape index (κ3) is 4.17. The highest BCUT2D eigenvalue weighted by Gasteiger charge is 2.05. The molecule has 0 saturated carbocycles. The van der Waals surface area contributed by atoms with E-state index in [9.17, 15) is 0 Å². The monoisotopic (exact) mass is 214 g/mol. The van der Waals surface area contributed by atoms with E-state index in [1.165, 1.54) is 4.88 Å². The van der Waals surface area contributed by atoms with Crippen LogP contribution in [-0.2, 0) is 0 Å². The van der Waals surface area contributed by atoms with E-state index in [0.29, 0.717) is 6.04 Å². The Balaban J connectivity index is 2.13. The van der Waals surface area contributed by atoms with Gasteiger partial charge < -0.3 is 10.4 Å². The summed E-state index contributed by atoms with van der Waals surface area (Å²) in [5.41, 5.74) is 1.85.